The molecule has 0 radical (unpaired) electrons. The molecule has 2 aromatic heterocycles. The fraction of sp³-hybridized carbons (Fsp3) is 0.409. The standard InChI is InChI=1S/C22H27ClFN7/c1-4-15-10-20(30-29-15)27-21-17(23)12-25-22(28-21)26-19-9-13(2)16(11-18(19)24)14-5-7-31(3)8-6-14/h9-12,14H,4-8H2,1-3H3,(H3,25,26,27,28,29,30). The molecule has 4 rings (SSSR count). The van der Waals surface area contributed by atoms with Crippen LogP contribution in [0.25, 0.3) is 0 Å². The van der Waals surface area contributed by atoms with E-state index in [1.165, 1.54) is 6.20 Å². The van der Waals surface area contributed by atoms with Gasteiger partial charge in [-0.25, -0.2) is 9.37 Å². The van der Waals surface area contributed by atoms with Gasteiger partial charge in [-0.3, -0.25) is 5.10 Å². The van der Waals surface area contributed by atoms with Crippen molar-refractivity contribution in [1.29, 1.82) is 0 Å². The number of likely N-dealkylation sites (tertiary alicyclic amines) is 1. The number of aryl methyl sites for hydroxylation is 2. The van der Waals surface area contributed by atoms with Gasteiger partial charge in [0, 0.05) is 11.8 Å². The van der Waals surface area contributed by atoms with Crippen LogP contribution in [0.5, 0.6) is 0 Å². The first kappa shape index (κ1) is 21.5. The summed E-state index contributed by atoms with van der Waals surface area (Å²) < 4.78 is 14.9. The van der Waals surface area contributed by atoms with Crippen LogP contribution in [0, 0.1) is 12.7 Å². The highest BCUT2D eigenvalue weighted by Gasteiger charge is 2.21. The molecule has 1 saturated heterocycles. The van der Waals surface area contributed by atoms with Crippen molar-refractivity contribution >= 4 is 34.9 Å². The normalized spacial score (nSPS) is 15.3. The summed E-state index contributed by atoms with van der Waals surface area (Å²) in [5, 5.41) is 13.5. The molecule has 0 aliphatic carbocycles. The minimum absolute atomic E-state index is 0.253. The number of hydrogen-bond acceptors (Lipinski definition) is 6. The number of aromatic amines is 1. The van der Waals surface area contributed by atoms with Crippen molar-refractivity contribution in [2.45, 2.75) is 39.0 Å². The number of nitrogens with one attached hydrogen (secondary N) is 3. The van der Waals surface area contributed by atoms with Gasteiger partial charge >= 0.3 is 0 Å². The van der Waals surface area contributed by atoms with E-state index in [0.717, 1.165) is 49.2 Å². The van der Waals surface area contributed by atoms with Crippen molar-refractivity contribution in [2.75, 3.05) is 30.8 Å². The van der Waals surface area contributed by atoms with Gasteiger partial charge < -0.3 is 15.5 Å². The molecule has 0 amide bonds. The summed E-state index contributed by atoms with van der Waals surface area (Å²) in [6.45, 7) is 6.13. The topological polar surface area (TPSA) is 81.8 Å². The van der Waals surface area contributed by atoms with E-state index in [4.69, 9.17) is 11.6 Å². The van der Waals surface area contributed by atoms with Crippen LogP contribution < -0.4 is 10.6 Å². The quantitative estimate of drug-likeness (QED) is 0.488. The van der Waals surface area contributed by atoms with Gasteiger partial charge in [-0.2, -0.15) is 10.1 Å². The monoisotopic (exact) mass is 443 g/mol. The van der Waals surface area contributed by atoms with Crippen molar-refractivity contribution in [1.82, 2.24) is 25.1 Å². The Bertz CT molecular complexity index is 1060. The van der Waals surface area contributed by atoms with E-state index in [2.05, 4.69) is 42.7 Å². The van der Waals surface area contributed by atoms with Gasteiger partial charge in [0.05, 0.1) is 11.9 Å². The Labute approximate surface area is 186 Å². The molecule has 0 bridgehead atoms. The fourth-order valence-electron chi connectivity index (χ4n) is 3.92. The van der Waals surface area contributed by atoms with E-state index < -0.39 is 0 Å². The van der Waals surface area contributed by atoms with Crippen LogP contribution in [0.15, 0.2) is 24.4 Å². The van der Waals surface area contributed by atoms with Crippen LogP contribution in [0.3, 0.4) is 0 Å². The molecular formula is C22H27ClFN7. The largest absolute Gasteiger partial charge is 0.322 e. The molecule has 0 atom stereocenters. The molecule has 1 aliphatic heterocycles. The first-order valence-corrected chi connectivity index (χ1v) is 10.9. The highest BCUT2D eigenvalue weighted by molar-refractivity contribution is 6.32. The van der Waals surface area contributed by atoms with Gasteiger partial charge in [-0.05, 0) is 75.5 Å². The lowest BCUT2D eigenvalue weighted by molar-refractivity contribution is 0.255. The first-order valence-electron chi connectivity index (χ1n) is 10.5. The maximum atomic E-state index is 14.9. The minimum atomic E-state index is -0.313. The number of halogens is 2. The van der Waals surface area contributed by atoms with Crippen LogP contribution in [0.4, 0.5) is 27.7 Å². The summed E-state index contributed by atoms with van der Waals surface area (Å²) in [4.78, 5) is 10.9. The van der Waals surface area contributed by atoms with Crippen LogP contribution in [0.1, 0.15) is 42.5 Å². The third-order valence-corrected chi connectivity index (χ3v) is 6.04. The number of aromatic nitrogens is 4. The molecule has 3 N–H and O–H groups in total. The van der Waals surface area contributed by atoms with E-state index in [-0.39, 0.29) is 11.8 Å². The Kier molecular flexibility index (Phi) is 6.38. The Morgan fingerprint density at radius 2 is 2.00 bits per heavy atom. The number of piperidine rings is 1. The molecular weight excluding hydrogens is 417 g/mol. The zero-order chi connectivity index (χ0) is 22.0. The van der Waals surface area contributed by atoms with Crippen molar-refractivity contribution in [3.05, 3.63) is 52.1 Å². The number of benzene rings is 1. The Morgan fingerprint density at radius 1 is 1.23 bits per heavy atom. The minimum Gasteiger partial charge on any atom is -0.322 e. The predicted molar refractivity (Wildman–Crippen MR) is 122 cm³/mol. The molecule has 31 heavy (non-hydrogen) atoms. The highest BCUT2D eigenvalue weighted by atomic mass is 35.5. The molecule has 3 aromatic rings. The molecule has 7 nitrogen and oxygen atoms in total. The number of hydrogen-bond donors (Lipinski definition) is 3. The van der Waals surface area contributed by atoms with Gasteiger partial charge in [-0.15, -0.1) is 0 Å². The summed E-state index contributed by atoms with van der Waals surface area (Å²) in [5.41, 5.74) is 3.49. The summed E-state index contributed by atoms with van der Waals surface area (Å²) in [7, 11) is 2.13. The van der Waals surface area contributed by atoms with Crippen molar-refractivity contribution in [2.24, 2.45) is 0 Å². The molecule has 1 aromatic carbocycles. The molecule has 0 saturated carbocycles. The van der Waals surface area contributed by atoms with Crippen LogP contribution >= 0.6 is 11.6 Å². The maximum absolute atomic E-state index is 14.9. The number of anilines is 4. The van der Waals surface area contributed by atoms with Crippen molar-refractivity contribution in [3.8, 4) is 0 Å². The average molecular weight is 444 g/mol. The Morgan fingerprint density at radius 3 is 2.71 bits per heavy atom. The summed E-state index contributed by atoms with van der Waals surface area (Å²) in [5.74, 6) is 1.33. The van der Waals surface area contributed by atoms with Crippen molar-refractivity contribution < 1.29 is 4.39 Å². The Hall–Kier alpha value is -2.71. The van der Waals surface area contributed by atoms with E-state index in [1.807, 2.05) is 26.0 Å². The maximum Gasteiger partial charge on any atom is 0.229 e. The second-order valence-corrected chi connectivity index (χ2v) is 8.45. The first-order chi connectivity index (χ1) is 14.9. The van der Waals surface area contributed by atoms with Gasteiger partial charge in [0.1, 0.15) is 10.8 Å². The van der Waals surface area contributed by atoms with E-state index in [1.54, 1.807) is 6.07 Å². The molecule has 3 heterocycles. The summed E-state index contributed by atoms with van der Waals surface area (Å²) >= 11 is 6.23. The molecule has 0 unspecified atom stereocenters. The molecule has 164 valence electrons. The second-order valence-electron chi connectivity index (χ2n) is 8.04. The third-order valence-electron chi connectivity index (χ3n) is 5.76. The molecule has 1 fully saturated rings. The van der Waals surface area contributed by atoms with Gasteiger partial charge in [0.2, 0.25) is 5.95 Å². The van der Waals surface area contributed by atoms with Gasteiger partial charge in [-0.1, -0.05) is 18.5 Å². The zero-order valence-electron chi connectivity index (χ0n) is 18.0. The predicted octanol–water partition coefficient (Wildman–Crippen LogP) is 5.16. The second kappa shape index (κ2) is 9.20. The van der Waals surface area contributed by atoms with Crippen LogP contribution in [0.2, 0.25) is 5.02 Å². The van der Waals surface area contributed by atoms with E-state index in [9.17, 15) is 4.39 Å². The third kappa shape index (κ3) is 4.97. The van der Waals surface area contributed by atoms with E-state index >= 15 is 0 Å². The van der Waals surface area contributed by atoms with Crippen LogP contribution in [-0.4, -0.2) is 45.2 Å². The van der Waals surface area contributed by atoms with E-state index in [0.29, 0.717) is 28.3 Å². The average Bonchev–Trinajstić information content (AvgIpc) is 3.21. The summed E-state index contributed by atoms with van der Waals surface area (Å²) in [6, 6.07) is 5.37. The van der Waals surface area contributed by atoms with Gasteiger partial charge in [0.15, 0.2) is 11.6 Å². The van der Waals surface area contributed by atoms with Crippen LogP contribution in [-0.2, 0) is 6.42 Å². The highest BCUT2D eigenvalue weighted by Crippen LogP contribution is 2.33. The Balaban J connectivity index is 1.53. The lowest BCUT2D eigenvalue weighted by atomic mass is 9.86. The SMILES string of the molecule is CCc1cc(Nc2nc(Nc3cc(C)c(C4CCN(C)CC4)cc3F)ncc2Cl)n[nH]1. The fourth-order valence-corrected chi connectivity index (χ4v) is 4.05. The lowest BCUT2D eigenvalue weighted by Gasteiger charge is -2.30. The van der Waals surface area contributed by atoms with Gasteiger partial charge in [0.25, 0.3) is 0 Å². The zero-order valence-corrected chi connectivity index (χ0v) is 18.7. The molecule has 0 spiro atoms. The number of rotatable bonds is 6. The smallest absolute Gasteiger partial charge is 0.229 e. The molecule has 9 heteroatoms. The lowest BCUT2D eigenvalue weighted by Crippen LogP contribution is -2.29. The number of H-pyrrole nitrogens is 1. The summed E-state index contributed by atoms with van der Waals surface area (Å²) in [6.07, 6.45) is 4.41. The van der Waals surface area contributed by atoms with Crippen molar-refractivity contribution in [3.63, 3.8) is 0 Å². The molecule has 1 aliphatic rings. The number of nitrogens with zero attached hydrogens (tertiary/aromatic N) is 4.